The predicted octanol–water partition coefficient (Wildman–Crippen LogP) is 5.04. The molecule has 27 heavy (non-hydrogen) atoms. The van der Waals surface area contributed by atoms with Crippen LogP contribution in [0.3, 0.4) is 0 Å². The first-order valence-corrected chi connectivity index (χ1v) is 10.1. The molecule has 4 rings (SSSR count). The van der Waals surface area contributed by atoms with Crippen molar-refractivity contribution in [3.05, 3.63) is 48.3 Å². The van der Waals surface area contributed by atoms with Crippen LogP contribution in [0.1, 0.15) is 51.0 Å². The number of anilines is 1. The minimum absolute atomic E-state index is 0.176. The molecule has 1 atom stereocenters. The number of ether oxygens (including phenoxy) is 2. The molecular formula is C23H30N2O2. The average Bonchev–Trinajstić information content (AvgIpc) is 3.29. The Morgan fingerprint density at radius 1 is 1.11 bits per heavy atom. The summed E-state index contributed by atoms with van der Waals surface area (Å²) in [5.41, 5.74) is 2.71. The number of benzene rings is 1. The van der Waals surface area contributed by atoms with Gasteiger partial charge in [0.1, 0.15) is 0 Å². The van der Waals surface area contributed by atoms with Gasteiger partial charge in [0.15, 0.2) is 11.5 Å². The smallest absolute Gasteiger partial charge is 0.161 e. The molecule has 4 nitrogen and oxygen atoms in total. The minimum Gasteiger partial charge on any atom is -0.493 e. The van der Waals surface area contributed by atoms with Gasteiger partial charge in [-0.1, -0.05) is 19.9 Å². The molecule has 144 valence electrons. The van der Waals surface area contributed by atoms with E-state index in [0.29, 0.717) is 12.0 Å². The van der Waals surface area contributed by atoms with E-state index in [1.165, 1.54) is 24.1 Å². The van der Waals surface area contributed by atoms with Crippen molar-refractivity contribution in [1.29, 1.82) is 0 Å². The van der Waals surface area contributed by atoms with Gasteiger partial charge in [-0.25, -0.2) is 0 Å². The molecule has 2 fully saturated rings. The van der Waals surface area contributed by atoms with Crippen molar-refractivity contribution in [2.24, 2.45) is 5.41 Å². The summed E-state index contributed by atoms with van der Waals surface area (Å²) in [4.78, 5) is 6.73. The van der Waals surface area contributed by atoms with Gasteiger partial charge in [0.2, 0.25) is 0 Å². The summed E-state index contributed by atoms with van der Waals surface area (Å²) >= 11 is 0. The molecule has 1 aromatic carbocycles. The molecule has 0 amide bonds. The maximum Gasteiger partial charge on any atom is 0.161 e. The second-order valence-corrected chi connectivity index (χ2v) is 8.57. The van der Waals surface area contributed by atoms with E-state index >= 15 is 0 Å². The maximum atomic E-state index is 6.33. The number of hydrogen-bond donors (Lipinski definition) is 0. The summed E-state index contributed by atoms with van der Waals surface area (Å²) in [6.45, 7) is 6.73. The van der Waals surface area contributed by atoms with E-state index < -0.39 is 0 Å². The third-order valence-corrected chi connectivity index (χ3v) is 6.14. The molecule has 0 unspecified atom stereocenters. The van der Waals surface area contributed by atoms with Crippen molar-refractivity contribution < 1.29 is 9.47 Å². The highest BCUT2D eigenvalue weighted by Gasteiger charge is 2.40. The first kappa shape index (κ1) is 18.1. The molecule has 0 spiro atoms. The monoisotopic (exact) mass is 366 g/mol. The van der Waals surface area contributed by atoms with E-state index in [1.54, 1.807) is 7.11 Å². The van der Waals surface area contributed by atoms with Crippen molar-refractivity contribution in [2.45, 2.75) is 51.6 Å². The van der Waals surface area contributed by atoms with Crippen LogP contribution < -0.4 is 14.4 Å². The Balaban J connectivity index is 1.59. The summed E-state index contributed by atoms with van der Waals surface area (Å²) in [6.07, 6.45) is 8.95. The number of methoxy groups -OCH3 is 1. The van der Waals surface area contributed by atoms with Crippen LogP contribution in [0.15, 0.2) is 42.7 Å². The van der Waals surface area contributed by atoms with Crippen molar-refractivity contribution in [1.82, 2.24) is 4.98 Å². The molecule has 0 N–H and O–H groups in total. The van der Waals surface area contributed by atoms with Crippen LogP contribution in [0.4, 0.5) is 5.69 Å². The fourth-order valence-electron chi connectivity index (χ4n) is 4.62. The van der Waals surface area contributed by atoms with Gasteiger partial charge in [0, 0.05) is 25.2 Å². The SMILES string of the molecule is COc1ccc([C@@H]2CN(c3cccnc3)CC2(C)C)cc1OC1CCCC1. The van der Waals surface area contributed by atoms with E-state index in [2.05, 4.69) is 48.0 Å². The number of pyridine rings is 1. The topological polar surface area (TPSA) is 34.6 Å². The van der Waals surface area contributed by atoms with Crippen LogP contribution in [0.5, 0.6) is 11.5 Å². The molecule has 1 saturated heterocycles. The quantitative estimate of drug-likeness (QED) is 0.742. The zero-order valence-electron chi connectivity index (χ0n) is 16.6. The first-order chi connectivity index (χ1) is 13.1. The Morgan fingerprint density at radius 2 is 1.93 bits per heavy atom. The summed E-state index contributed by atoms with van der Waals surface area (Å²) < 4.78 is 11.9. The molecule has 1 aliphatic heterocycles. The number of nitrogens with zero attached hydrogens (tertiary/aromatic N) is 2. The van der Waals surface area contributed by atoms with Gasteiger partial charge in [0.05, 0.1) is 25.1 Å². The highest BCUT2D eigenvalue weighted by atomic mass is 16.5. The number of rotatable bonds is 5. The zero-order valence-corrected chi connectivity index (χ0v) is 16.6. The lowest BCUT2D eigenvalue weighted by atomic mass is 9.78. The third kappa shape index (κ3) is 3.76. The molecular weight excluding hydrogens is 336 g/mol. The molecule has 0 bridgehead atoms. The average molecular weight is 367 g/mol. The lowest BCUT2D eigenvalue weighted by molar-refractivity contribution is 0.200. The summed E-state index contributed by atoms with van der Waals surface area (Å²) in [5, 5.41) is 0. The van der Waals surface area contributed by atoms with E-state index in [4.69, 9.17) is 9.47 Å². The van der Waals surface area contributed by atoms with Crippen molar-refractivity contribution in [3.63, 3.8) is 0 Å². The summed E-state index contributed by atoms with van der Waals surface area (Å²) in [5.74, 6) is 2.18. The highest BCUT2D eigenvalue weighted by molar-refractivity contribution is 5.50. The Labute approximate surface area is 162 Å². The van der Waals surface area contributed by atoms with Crippen LogP contribution in [-0.4, -0.2) is 31.3 Å². The second-order valence-electron chi connectivity index (χ2n) is 8.57. The van der Waals surface area contributed by atoms with Gasteiger partial charge >= 0.3 is 0 Å². The third-order valence-electron chi connectivity index (χ3n) is 6.14. The van der Waals surface area contributed by atoms with E-state index in [1.807, 2.05) is 18.5 Å². The van der Waals surface area contributed by atoms with Gasteiger partial charge < -0.3 is 14.4 Å². The second kappa shape index (κ2) is 7.41. The number of hydrogen-bond acceptors (Lipinski definition) is 4. The Morgan fingerprint density at radius 3 is 2.63 bits per heavy atom. The molecule has 1 aliphatic carbocycles. The lowest BCUT2D eigenvalue weighted by Gasteiger charge is -2.26. The van der Waals surface area contributed by atoms with Gasteiger partial charge in [-0.15, -0.1) is 0 Å². The molecule has 1 aromatic heterocycles. The van der Waals surface area contributed by atoms with Crippen LogP contribution >= 0.6 is 0 Å². The minimum atomic E-state index is 0.176. The van der Waals surface area contributed by atoms with Crippen LogP contribution in [-0.2, 0) is 0 Å². The van der Waals surface area contributed by atoms with Crippen molar-refractivity contribution in [2.75, 3.05) is 25.1 Å². The normalized spacial score (nSPS) is 22.2. The summed E-state index contributed by atoms with van der Waals surface area (Å²) in [6, 6.07) is 10.7. The fourth-order valence-corrected chi connectivity index (χ4v) is 4.62. The van der Waals surface area contributed by atoms with Crippen LogP contribution in [0.25, 0.3) is 0 Å². The first-order valence-electron chi connectivity index (χ1n) is 10.1. The Bertz CT molecular complexity index is 769. The molecule has 2 aliphatic rings. The fraction of sp³-hybridized carbons (Fsp3) is 0.522. The van der Waals surface area contributed by atoms with Crippen molar-refractivity contribution in [3.8, 4) is 11.5 Å². The van der Waals surface area contributed by atoms with Gasteiger partial charge in [-0.3, -0.25) is 4.98 Å². The molecule has 2 heterocycles. The molecule has 0 radical (unpaired) electrons. The highest BCUT2D eigenvalue weighted by Crippen LogP contribution is 2.45. The number of aromatic nitrogens is 1. The van der Waals surface area contributed by atoms with Crippen LogP contribution in [0.2, 0.25) is 0 Å². The van der Waals surface area contributed by atoms with Gasteiger partial charge in [0.25, 0.3) is 0 Å². The Kier molecular flexibility index (Phi) is 4.98. The standard InChI is InChI=1S/C23H30N2O2/c1-23(2)16-25(18-7-6-12-24-14-18)15-20(23)17-10-11-21(26-3)22(13-17)27-19-8-4-5-9-19/h6-7,10-14,19-20H,4-5,8-9,15-16H2,1-3H3/t20-/m0/s1. The predicted molar refractivity (Wildman–Crippen MR) is 109 cm³/mol. The largest absolute Gasteiger partial charge is 0.493 e. The van der Waals surface area contributed by atoms with E-state index in [9.17, 15) is 0 Å². The summed E-state index contributed by atoms with van der Waals surface area (Å²) in [7, 11) is 1.72. The van der Waals surface area contributed by atoms with Crippen molar-refractivity contribution >= 4 is 5.69 Å². The van der Waals surface area contributed by atoms with Gasteiger partial charge in [-0.2, -0.15) is 0 Å². The maximum absolute atomic E-state index is 6.33. The zero-order chi connectivity index (χ0) is 18.9. The van der Waals surface area contributed by atoms with E-state index in [-0.39, 0.29) is 5.41 Å². The van der Waals surface area contributed by atoms with E-state index in [0.717, 1.165) is 37.4 Å². The van der Waals surface area contributed by atoms with Crippen LogP contribution in [0, 0.1) is 5.41 Å². The lowest BCUT2D eigenvalue weighted by Crippen LogP contribution is -2.23. The molecule has 1 saturated carbocycles. The Hall–Kier alpha value is -2.23. The molecule has 4 heteroatoms. The van der Waals surface area contributed by atoms with Gasteiger partial charge in [-0.05, 0) is 60.9 Å². The molecule has 2 aromatic rings.